The SMILES string of the molecule is CCN=c1scc(-c2ccc3cc(OC)ccc3c2)n1N=Cc1cc(OC)ccc1O. The summed E-state index contributed by atoms with van der Waals surface area (Å²) in [6.07, 6.45) is 1.62. The van der Waals surface area contributed by atoms with E-state index in [-0.39, 0.29) is 5.75 Å². The molecule has 4 rings (SSSR count). The monoisotopic (exact) mass is 433 g/mol. The summed E-state index contributed by atoms with van der Waals surface area (Å²) in [7, 11) is 3.26. The van der Waals surface area contributed by atoms with E-state index in [1.165, 1.54) is 11.3 Å². The number of hydrogen-bond acceptors (Lipinski definition) is 6. The number of ether oxygens (including phenoxy) is 2. The standard InChI is InChI=1S/C24H23N3O3S/c1-4-25-24-27(26-14-19-13-21(30-3)9-10-23(19)28)22(15-31-24)18-6-5-17-12-20(29-2)8-7-16(17)11-18/h5-15,28H,4H2,1-3H3. The van der Waals surface area contributed by atoms with E-state index in [9.17, 15) is 5.11 Å². The van der Waals surface area contributed by atoms with Gasteiger partial charge in [-0.2, -0.15) is 5.10 Å². The number of aromatic hydroxyl groups is 1. The van der Waals surface area contributed by atoms with Gasteiger partial charge in [-0.1, -0.05) is 18.2 Å². The molecule has 0 saturated carbocycles. The minimum atomic E-state index is 0.135. The first-order valence-corrected chi connectivity index (χ1v) is 10.7. The van der Waals surface area contributed by atoms with Crippen LogP contribution in [-0.2, 0) is 0 Å². The van der Waals surface area contributed by atoms with Gasteiger partial charge in [-0.15, -0.1) is 11.3 Å². The van der Waals surface area contributed by atoms with Crippen molar-refractivity contribution in [2.24, 2.45) is 10.1 Å². The zero-order valence-corrected chi connectivity index (χ0v) is 18.4. The van der Waals surface area contributed by atoms with Crippen LogP contribution in [0.1, 0.15) is 12.5 Å². The highest BCUT2D eigenvalue weighted by Crippen LogP contribution is 2.28. The topological polar surface area (TPSA) is 68.3 Å². The van der Waals surface area contributed by atoms with E-state index < -0.39 is 0 Å². The Labute approximate surface area is 184 Å². The Morgan fingerprint density at radius 2 is 1.68 bits per heavy atom. The molecule has 0 unspecified atom stereocenters. The molecule has 0 atom stereocenters. The Hall–Kier alpha value is -3.58. The maximum atomic E-state index is 10.2. The van der Waals surface area contributed by atoms with Crippen LogP contribution < -0.4 is 14.3 Å². The average molecular weight is 434 g/mol. The second-order valence-corrected chi connectivity index (χ2v) is 7.62. The van der Waals surface area contributed by atoms with Crippen molar-refractivity contribution < 1.29 is 14.6 Å². The van der Waals surface area contributed by atoms with E-state index in [2.05, 4.69) is 28.3 Å². The summed E-state index contributed by atoms with van der Waals surface area (Å²) < 4.78 is 12.4. The third-order valence-corrected chi connectivity index (χ3v) is 5.72. The van der Waals surface area contributed by atoms with Crippen LogP contribution in [-0.4, -0.2) is 36.8 Å². The number of phenols is 1. The van der Waals surface area contributed by atoms with Gasteiger partial charge >= 0.3 is 0 Å². The normalized spacial score (nSPS) is 12.0. The molecule has 0 fully saturated rings. The molecule has 0 radical (unpaired) electrons. The molecule has 0 amide bonds. The number of benzene rings is 3. The highest BCUT2D eigenvalue weighted by molar-refractivity contribution is 7.07. The summed E-state index contributed by atoms with van der Waals surface area (Å²) in [5.41, 5.74) is 2.52. The first kappa shape index (κ1) is 20.7. The number of nitrogens with zero attached hydrogens (tertiary/aromatic N) is 3. The van der Waals surface area contributed by atoms with Gasteiger partial charge < -0.3 is 14.6 Å². The zero-order valence-electron chi connectivity index (χ0n) is 17.6. The van der Waals surface area contributed by atoms with Crippen LogP contribution in [0.2, 0.25) is 0 Å². The van der Waals surface area contributed by atoms with Crippen molar-refractivity contribution in [3.8, 4) is 28.5 Å². The van der Waals surface area contributed by atoms with Crippen molar-refractivity contribution in [2.45, 2.75) is 6.92 Å². The molecule has 3 aromatic carbocycles. The molecule has 1 N–H and O–H groups in total. The van der Waals surface area contributed by atoms with Gasteiger partial charge in [-0.25, -0.2) is 4.68 Å². The van der Waals surface area contributed by atoms with Gasteiger partial charge in [-0.05, 0) is 54.1 Å². The fraction of sp³-hybridized carbons (Fsp3) is 0.167. The predicted molar refractivity (Wildman–Crippen MR) is 126 cm³/mol. The Morgan fingerprint density at radius 1 is 0.968 bits per heavy atom. The van der Waals surface area contributed by atoms with Gasteiger partial charge in [0.1, 0.15) is 17.2 Å². The fourth-order valence-corrected chi connectivity index (χ4v) is 4.15. The van der Waals surface area contributed by atoms with Crippen LogP contribution in [0.25, 0.3) is 22.0 Å². The van der Waals surface area contributed by atoms with E-state index in [1.54, 1.807) is 43.3 Å². The molecule has 4 aromatic rings. The number of hydrogen-bond donors (Lipinski definition) is 1. The van der Waals surface area contributed by atoms with Gasteiger partial charge in [0.05, 0.1) is 26.1 Å². The molecular weight excluding hydrogens is 410 g/mol. The molecule has 158 valence electrons. The molecule has 0 aliphatic rings. The third kappa shape index (κ3) is 4.32. The molecular formula is C24H23N3O3S. The Bertz CT molecular complexity index is 1320. The summed E-state index contributed by atoms with van der Waals surface area (Å²) >= 11 is 1.53. The number of aromatic nitrogens is 1. The first-order chi connectivity index (χ1) is 15.1. The second kappa shape index (κ2) is 9.06. The van der Waals surface area contributed by atoms with Crippen LogP contribution in [0.3, 0.4) is 0 Å². The van der Waals surface area contributed by atoms with Gasteiger partial charge in [0, 0.05) is 23.1 Å². The highest BCUT2D eigenvalue weighted by Gasteiger charge is 2.09. The molecule has 0 bridgehead atoms. The van der Waals surface area contributed by atoms with Crippen molar-refractivity contribution in [3.63, 3.8) is 0 Å². The predicted octanol–water partition coefficient (Wildman–Crippen LogP) is 4.90. The first-order valence-electron chi connectivity index (χ1n) is 9.83. The Balaban J connectivity index is 1.80. The largest absolute Gasteiger partial charge is 0.507 e. The molecule has 1 aromatic heterocycles. The van der Waals surface area contributed by atoms with E-state index in [0.717, 1.165) is 32.6 Å². The smallest absolute Gasteiger partial charge is 0.206 e. The number of thiazole rings is 1. The van der Waals surface area contributed by atoms with Crippen LogP contribution in [0.5, 0.6) is 17.2 Å². The lowest BCUT2D eigenvalue weighted by Gasteiger charge is -2.07. The zero-order chi connectivity index (χ0) is 21.8. The van der Waals surface area contributed by atoms with Crippen LogP contribution >= 0.6 is 11.3 Å². The van der Waals surface area contributed by atoms with Crippen molar-refractivity contribution in [1.29, 1.82) is 0 Å². The van der Waals surface area contributed by atoms with Gasteiger partial charge in [0.25, 0.3) is 0 Å². The van der Waals surface area contributed by atoms with Crippen molar-refractivity contribution >= 4 is 28.3 Å². The quantitative estimate of drug-likeness (QED) is 0.440. The lowest BCUT2D eigenvalue weighted by atomic mass is 10.1. The van der Waals surface area contributed by atoms with E-state index in [4.69, 9.17) is 9.47 Å². The maximum absolute atomic E-state index is 10.2. The lowest BCUT2D eigenvalue weighted by Crippen LogP contribution is -2.12. The van der Waals surface area contributed by atoms with Gasteiger partial charge in [0.2, 0.25) is 4.80 Å². The minimum absolute atomic E-state index is 0.135. The third-order valence-electron chi connectivity index (χ3n) is 4.87. The Kier molecular flexibility index (Phi) is 6.04. The maximum Gasteiger partial charge on any atom is 0.206 e. The number of fused-ring (bicyclic) bond motifs is 1. The van der Waals surface area contributed by atoms with Gasteiger partial charge in [0.15, 0.2) is 0 Å². The molecule has 0 aliphatic heterocycles. The number of methoxy groups -OCH3 is 2. The van der Waals surface area contributed by atoms with Gasteiger partial charge in [-0.3, -0.25) is 4.99 Å². The molecule has 0 saturated heterocycles. The van der Waals surface area contributed by atoms with Crippen molar-refractivity contribution in [3.05, 3.63) is 70.3 Å². The van der Waals surface area contributed by atoms with Crippen LogP contribution in [0.4, 0.5) is 0 Å². The lowest BCUT2D eigenvalue weighted by molar-refractivity contribution is 0.412. The summed E-state index contributed by atoms with van der Waals surface area (Å²) in [6, 6.07) is 17.3. The van der Waals surface area contributed by atoms with E-state index >= 15 is 0 Å². The molecule has 7 heteroatoms. The highest BCUT2D eigenvalue weighted by atomic mass is 32.1. The molecule has 0 aliphatic carbocycles. The second-order valence-electron chi connectivity index (χ2n) is 6.79. The number of phenolic OH excluding ortho intramolecular Hbond substituents is 1. The fourth-order valence-electron chi connectivity index (χ4n) is 3.25. The van der Waals surface area contributed by atoms with Crippen molar-refractivity contribution in [2.75, 3.05) is 20.8 Å². The molecule has 6 nitrogen and oxygen atoms in total. The average Bonchev–Trinajstić information content (AvgIpc) is 3.20. The summed E-state index contributed by atoms with van der Waals surface area (Å²) in [5, 5.41) is 19.1. The van der Waals surface area contributed by atoms with Crippen molar-refractivity contribution in [1.82, 2.24) is 4.68 Å². The van der Waals surface area contributed by atoms with E-state index in [0.29, 0.717) is 17.9 Å². The summed E-state index contributed by atoms with van der Waals surface area (Å²) in [6.45, 7) is 2.64. The van der Waals surface area contributed by atoms with Crippen LogP contribution in [0, 0.1) is 0 Å². The molecule has 0 spiro atoms. The Morgan fingerprint density at radius 3 is 2.45 bits per heavy atom. The summed E-state index contributed by atoms with van der Waals surface area (Å²) in [5.74, 6) is 1.62. The molecule has 1 heterocycles. The number of rotatable bonds is 6. The minimum Gasteiger partial charge on any atom is -0.507 e. The van der Waals surface area contributed by atoms with E-state index in [1.807, 2.05) is 30.5 Å². The van der Waals surface area contributed by atoms with Crippen LogP contribution in [0.15, 0.2) is 70.1 Å². The molecule has 31 heavy (non-hydrogen) atoms. The summed E-state index contributed by atoms with van der Waals surface area (Å²) in [4.78, 5) is 5.35.